The van der Waals surface area contributed by atoms with Crippen molar-refractivity contribution in [2.45, 2.75) is 356 Å². The third-order valence-electron chi connectivity index (χ3n) is 17.5. The molecule has 0 aliphatic carbocycles. The summed E-state index contributed by atoms with van der Waals surface area (Å²) in [6, 6.07) is -0.995. The first kappa shape index (κ1) is 81.7. The number of aliphatic hydroxyl groups is 11. The fourth-order valence-electron chi connectivity index (χ4n) is 11.8. The summed E-state index contributed by atoms with van der Waals surface area (Å²) in [5, 5.41) is 120. The van der Waals surface area contributed by atoms with Crippen LogP contribution < -0.4 is 5.32 Å². The standard InChI is InChI=1S/C71H127NO18/c1-3-5-7-9-11-13-15-16-17-18-19-20-21-22-23-24-25-26-27-28-29-30-31-32-33-34-35-36-37-38-39-41-43-45-47-49-59(77)72-54(55(76)48-46-44-42-40-14-12-10-8-6-4-2)53-85-69-65(83)62(80)67(57(51-74)87-69)90-71-66(84)63(81)68(58(52-75)88-71)89-70-64(82)61(79)60(78)56(50-73)86-70/h6,8,14-16,18-19,40,46,48,54-58,60-71,73-76,78-84H,3-5,7,9-13,17,20-39,41-45,47,49-53H2,1-2H3,(H,72,77)/b8-6+,16-15-,19-18-,40-14+,48-46+. The second-order valence-electron chi connectivity index (χ2n) is 25.3. The largest absolute Gasteiger partial charge is 0.394 e. The Hall–Kier alpha value is -2.51. The molecule has 3 saturated heterocycles. The molecule has 3 rings (SSSR count). The second-order valence-corrected chi connectivity index (χ2v) is 25.3. The number of aliphatic hydroxyl groups excluding tert-OH is 11. The quantitative estimate of drug-likeness (QED) is 0.0199. The molecule has 3 aliphatic rings. The molecule has 1 amide bonds. The summed E-state index contributed by atoms with van der Waals surface area (Å²) in [5.74, 6) is -0.290. The lowest BCUT2D eigenvalue weighted by atomic mass is 9.96. The molecule has 19 nitrogen and oxygen atoms in total. The molecule has 0 radical (unpaired) electrons. The monoisotopic (exact) mass is 1280 g/mol. The van der Waals surface area contributed by atoms with Gasteiger partial charge in [0.25, 0.3) is 0 Å². The average molecular weight is 1280 g/mol. The van der Waals surface area contributed by atoms with E-state index in [1.165, 1.54) is 167 Å². The normalized spacial score (nSPS) is 28.4. The van der Waals surface area contributed by atoms with Crippen molar-refractivity contribution >= 4 is 5.91 Å². The van der Waals surface area contributed by atoms with Gasteiger partial charge in [-0.2, -0.15) is 0 Å². The number of nitrogens with one attached hydrogen (secondary N) is 1. The Bertz CT molecular complexity index is 1870. The van der Waals surface area contributed by atoms with E-state index in [0.29, 0.717) is 12.8 Å². The molecule has 17 unspecified atom stereocenters. The fourth-order valence-corrected chi connectivity index (χ4v) is 11.8. The number of carbonyl (C=O) groups is 1. The zero-order valence-corrected chi connectivity index (χ0v) is 55.4. The molecule has 12 N–H and O–H groups in total. The lowest BCUT2D eigenvalue weighted by Crippen LogP contribution is -2.66. The van der Waals surface area contributed by atoms with E-state index >= 15 is 0 Å². The van der Waals surface area contributed by atoms with Crippen molar-refractivity contribution < 1.29 is 89.4 Å². The van der Waals surface area contributed by atoms with Crippen LogP contribution in [0.25, 0.3) is 0 Å². The number of carbonyl (C=O) groups excluding carboxylic acids is 1. The van der Waals surface area contributed by atoms with Crippen LogP contribution in [0.5, 0.6) is 0 Å². The highest BCUT2D eigenvalue weighted by Crippen LogP contribution is 2.33. The van der Waals surface area contributed by atoms with Crippen LogP contribution in [0, 0.1) is 0 Å². The minimum atomic E-state index is -1.98. The summed E-state index contributed by atoms with van der Waals surface area (Å²) >= 11 is 0. The molecule has 90 heavy (non-hydrogen) atoms. The van der Waals surface area contributed by atoms with Gasteiger partial charge in [0.2, 0.25) is 5.91 Å². The van der Waals surface area contributed by atoms with Crippen LogP contribution in [0.15, 0.2) is 60.8 Å². The van der Waals surface area contributed by atoms with E-state index in [2.05, 4.69) is 67.8 Å². The molecule has 0 spiro atoms. The van der Waals surface area contributed by atoms with Crippen molar-refractivity contribution in [1.29, 1.82) is 0 Å². The Kier molecular flexibility index (Phi) is 47.9. The average Bonchev–Trinajstić information content (AvgIpc) is 0.881. The molecule has 17 atom stereocenters. The van der Waals surface area contributed by atoms with Gasteiger partial charge in [0.05, 0.1) is 38.6 Å². The zero-order valence-electron chi connectivity index (χ0n) is 55.4. The predicted molar refractivity (Wildman–Crippen MR) is 351 cm³/mol. The van der Waals surface area contributed by atoms with Crippen LogP contribution in [0.2, 0.25) is 0 Å². The van der Waals surface area contributed by atoms with Gasteiger partial charge < -0.3 is 89.9 Å². The smallest absolute Gasteiger partial charge is 0.220 e. The minimum absolute atomic E-state index is 0.233. The van der Waals surface area contributed by atoms with Gasteiger partial charge in [0.1, 0.15) is 73.2 Å². The number of amides is 1. The van der Waals surface area contributed by atoms with Crippen LogP contribution in [-0.2, 0) is 33.2 Å². The molecule has 0 aromatic heterocycles. The van der Waals surface area contributed by atoms with E-state index in [1.807, 2.05) is 6.08 Å². The summed E-state index contributed by atoms with van der Waals surface area (Å²) in [7, 11) is 0. The van der Waals surface area contributed by atoms with Gasteiger partial charge in [0, 0.05) is 6.42 Å². The third kappa shape index (κ3) is 34.2. The molecular formula is C71H127NO18. The van der Waals surface area contributed by atoms with Gasteiger partial charge in [-0.05, 0) is 70.6 Å². The highest BCUT2D eigenvalue weighted by Gasteiger charge is 2.53. The summed E-state index contributed by atoms with van der Waals surface area (Å²) in [5.41, 5.74) is 0. The Morgan fingerprint density at radius 3 is 1.22 bits per heavy atom. The van der Waals surface area contributed by atoms with Crippen molar-refractivity contribution in [2.24, 2.45) is 0 Å². The van der Waals surface area contributed by atoms with Crippen LogP contribution in [-0.4, -0.2) is 193 Å². The molecule has 0 aromatic carbocycles. The van der Waals surface area contributed by atoms with E-state index in [0.717, 1.165) is 51.4 Å². The van der Waals surface area contributed by atoms with Crippen molar-refractivity contribution in [3.63, 3.8) is 0 Å². The summed E-state index contributed by atoms with van der Waals surface area (Å²) in [4.78, 5) is 13.3. The second kappa shape index (κ2) is 52.7. The topological polar surface area (TPSA) is 307 Å². The van der Waals surface area contributed by atoms with Crippen molar-refractivity contribution in [1.82, 2.24) is 5.32 Å². The molecule has 0 aromatic rings. The molecule has 19 heteroatoms. The van der Waals surface area contributed by atoms with Gasteiger partial charge in [-0.15, -0.1) is 0 Å². The Labute approximate surface area is 541 Å². The summed E-state index contributed by atoms with van der Waals surface area (Å²) in [6.07, 6.45) is 38.4. The van der Waals surface area contributed by atoms with E-state index in [9.17, 15) is 61.0 Å². The van der Waals surface area contributed by atoms with Crippen LogP contribution in [0.3, 0.4) is 0 Å². The minimum Gasteiger partial charge on any atom is -0.394 e. The Balaban J connectivity index is 1.31. The van der Waals surface area contributed by atoms with Crippen LogP contribution >= 0.6 is 0 Å². The van der Waals surface area contributed by atoms with Gasteiger partial charge >= 0.3 is 0 Å². The first-order valence-corrected chi connectivity index (χ1v) is 35.5. The molecule has 0 saturated carbocycles. The van der Waals surface area contributed by atoms with Crippen LogP contribution in [0.4, 0.5) is 0 Å². The van der Waals surface area contributed by atoms with Crippen molar-refractivity contribution in [2.75, 3.05) is 26.4 Å². The van der Waals surface area contributed by atoms with Crippen molar-refractivity contribution in [3.05, 3.63) is 60.8 Å². The maximum Gasteiger partial charge on any atom is 0.220 e. The van der Waals surface area contributed by atoms with E-state index in [-0.39, 0.29) is 18.9 Å². The maximum atomic E-state index is 13.3. The molecule has 0 bridgehead atoms. The number of allylic oxidation sites excluding steroid dienone is 9. The van der Waals surface area contributed by atoms with Gasteiger partial charge in [-0.25, -0.2) is 0 Å². The lowest BCUT2D eigenvalue weighted by molar-refractivity contribution is -0.379. The third-order valence-corrected chi connectivity index (χ3v) is 17.5. The predicted octanol–water partition coefficient (Wildman–Crippen LogP) is 9.55. The van der Waals surface area contributed by atoms with Gasteiger partial charge in [0.15, 0.2) is 18.9 Å². The number of hydrogen-bond donors (Lipinski definition) is 12. The first-order valence-electron chi connectivity index (χ1n) is 35.5. The van der Waals surface area contributed by atoms with Gasteiger partial charge in [-0.1, -0.05) is 235 Å². The van der Waals surface area contributed by atoms with E-state index < -0.39 is 124 Å². The highest BCUT2D eigenvalue weighted by molar-refractivity contribution is 5.76. The van der Waals surface area contributed by atoms with Gasteiger partial charge in [-0.3, -0.25) is 4.79 Å². The number of rotatable bonds is 54. The molecule has 524 valence electrons. The fraction of sp³-hybridized carbons (Fsp3) is 0.845. The first-order chi connectivity index (χ1) is 43.8. The molecule has 3 aliphatic heterocycles. The van der Waals surface area contributed by atoms with E-state index in [4.69, 9.17) is 28.4 Å². The lowest BCUT2D eigenvalue weighted by Gasteiger charge is -2.48. The summed E-state index contributed by atoms with van der Waals surface area (Å²) < 4.78 is 34.2. The van der Waals surface area contributed by atoms with Crippen LogP contribution in [0.1, 0.15) is 251 Å². The maximum absolute atomic E-state index is 13.3. The molecule has 3 heterocycles. The van der Waals surface area contributed by atoms with E-state index in [1.54, 1.807) is 6.08 Å². The number of hydrogen-bond acceptors (Lipinski definition) is 18. The molecular weight excluding hydrogens is 1150 g/mol. The number of unbranched alkanes of at least 4 members (excludes halogenated alkanes) is 30. The zero-order chi connectivity index (χ0) is 65.4. The Morgan fingerprint density at radius 1 is 0.411 bits per heavy atom. The molecule has 3 fully saturated rings. The Morgan fingerprint density at radius 2 is 0.778 bits per heavy atom. The summed E-state index contributed by atoms with van der Waals surface area (Å²) in [6.45, 7) is 1.56. The highest BCUT2D eigenvalue weighted by atomic mass is 16.8. The SMILES string of the molecule is CC/C=C/CC/C=C/CC/C=C/C(O)C(COC1OC(CO)C(OC2OC(CO)C(OC3OC(CO)C(O)C(O)C3O)C(O)C2O)C(O)C1O)NC(=O)CCCCCCCCCCCCCCCCCCCCCCCCC/C=C\C/C=C\CCCCCCC. The van der Waals surface area contributed by atoms with Crippen molar-refractivity contribution in [3.8, 4) is 0 Å². The number of ether oxygens (including phenoxy) is 6.